The summed E-state index contributed by atoms with van der Waals surface area (Å²) in [6, 6.07) is 10.7. The second-order valence-corrected chi connectivity index (χ2v) is 6.96. The molecule has 0 bridgehead atoms. The molecule has 0 saturated carbocycles. The molecular formula is C19H20ClN3O. The second kappa shape index (κ2) is 6.19. The van der Waals surface area contributed by atoms with Crippen molar-refractivity contribution in [1.82, 2.24) is 10.2 Å². The van der Waals surface area contributed by atoms with E-state index >= 15 is 0 Å². The molecule has 3 unspecified atom stereocenters. The van der Waals surface area contributed by atoms with Gasteiger partial charge in [0, 0.05) is 24.0 Å². The third-order valence-electron chi connectivity index (χ3n) is 4.97. The Morgan fingerprint density at radius 2 is 2.12 bits per heavy atom. The van der Waals surface area contributed by atoms with Gasteiger partial charge in [0.25, 0.3) is 5.91 Å². The molecule has 1 N–H and O–H groups in total. The Morgan fingerprint density at radius 1 is 1.33 bits per heavy atom. The van der Waals surface area contributed by atoms with E-state index < -0.39 is 0 Å². The van der Waals surface area contributed by atoms with Gasteiger partial charge in [-0.2, -0.15) is 0 Å². The van der Waals surface area contributed by atoms with Gasteiger partial charge in [-0.25, -0.2) is 0 Å². The number of carbonyl (C=O) groups excluding carboxylic acids is 1. The summed E-state index contributed by atoms with van der Waals surface area (Å²) in [5, 5.41) is 4.25. The SMILES string of the molecule is CC(NC1CCN2C(=O)C3=C(Cl)CC=CC3=NC12)c1ccccc1. The predicted molar refractivity (Wildman–Crippen MR) is 96.0 cm³/mol. The van der Waals surface area contributed by atoms with E-state index in [0.29, 0.717) is 17.0 Å². The van der Waals surface area contributed by atoms with Crippen LogP contribution in [0.3, 0.4) is 0 Å². The van der Waals surface area contributed by atoms with Crippen molar-refractivity contribution in [1.29, 1.82) is 0 Å². The molecular weight excluding hydrogens is 322 g/mol. The quantitative estimate of drug-likeness (QED) is 0.917. The number of hydrogen-bond acceptors (Lipinski definition) is 3. The molecule has 1 aromatic rings. The number of nitrogens with zero attached hydrogens (tertiary/aromatic N) is 2. The van der Waals surface area contributed by atoms with E-state index in [9.17, 15) is 4.79 Å². The molecule has 1 fully saturated rings. The van der Waals surface area contributed by atoms with Crippen LogP contribution in [0.25, 0.3) is 0 Å². The van der Waals surface area contributed by atoms with Crippen LogP contribution in [-0.4, -0.2) is 35.3 Å². The first-order valence-electron chi connectivity index (χ1n) is 8.40. The topological polar surface area (TPSA) is 44.7 Å². The van der Waals surface area contributed by atoms with Crippen LogP contribution in [0.4, 0.5) is 0 Å². The molecule has 5 heteroatoms. The van der Waals surface area contributed by atoms with Crippen LogP contribution in [0, 0.1) is 0 Å². The Balaban J connectivity index is 1.58. The lowest BCUT2D eigenvalue weighted by atomic mass is 9.99. The summed E-state index contributed by atoms with van der Waals surface area (Å²) in [7, 11) is 0. The molecule has 0 spiro atoms. The summed E-state index contributed by atoms with van der Waals surface area (Å²) in [5.41, 5.74) is 2.57. The molecule has 3 atom stereocenters. The lowest BCUT2D eigenvalue weighted by molar-refractivity contribution is -0.127. The number of hydrogen-bond donors (Lipinski definition) is 1. The van der Waals surface area contributed by atoms with Crippen LogP contribution in [-0.2, 0) is 4.79 Å². The number of halogens is 1. The predicted octanol–water partition coefficient (Wildman–Crippen LogP) is 3.17. The highest BCUT2D eigenvalue weighted by Gasteiger charge is 2.43. The van der Waals surface area contributed by atoms with Crippen LogP contribution in [0.2, 0.25) is 0 Å². The number of fused-ring (bicyclic) bond motifs is 2. The molecule has 4 nitrogen and oxygen atoms in total. The third-order valence-corrected chi connectivity index (χ3v) is 5.31. The molecule has 0 radical (unpaired) electrons. The van der Waals surface area contributed by atoms with Crippen LogP contribution in [0.15, 0.2) is 58.1 Å². The zero-order chi connectivity index (χ0) is 16.7. The molecule has 3 aliphatic rings. The molecule has 2 aliphatic heterocycles. The molecule has 1 saturated heterocycles. The van der Waals surface area contributed by atoms with Crippen molar-refractivity contribution in [3.63, 3.8) is 0 Å². The van der Waals surface area contributed by atoms with Crippen molar-refractivity contribution in [2.45, 2.75) is 38.0 Å². The van der Waals surface area contributed by atoms with E-state index in [-0.39, 0.29) is 24.2 Å². The number of allylic oxidation sites excluding steroid dienone is 3. The van der Waals surface area contributed by atoms with Crippen molar-refractivity contribution in [3.8, 4) is 0 Å². The zero-order valence-electron chi connectivity index (χ0n) is 13.6. The maximum Gasteiger partial charge on any atom is 0.258 e. The average Bonchev–Trinajstić information content (AvgIpc) is 2.99. The maximum absolute atomic E-state index is 12.8. The first-order chi connectivity index (χ1) is 11.6. The zero-order valence-corrected chi connectivity index (χ0v) is 14.3. The van der Waals surface area contributed by atoms with E-state index in [1.54, 1.807) is 0 Å². The standard InChI is InChI=1S/C19H20ClN3O/c1-12(13-6-3-2-4-7-13)21-16-10-11-23-18(16)22-15-9-5-8-14(20)17(15)19(23)24/h2-7,9,12,16,18,21H,8,10-11H2,1H3. The average molecular weight is 342 g/mol. The normalized spacial score (nSPS) is 27.0. The monoisotopic (exact) mass is 341 g/mol. The van der Waals surface area contributed by atoms with Gasteiger partial charge >= 0.3 is 0 Å². The Morgan fingerprint density at radius 3 is 2.92 bits per heavy atom. The first kappa shape index (κ1) is 15.6. The van der Waals surface area contributed by atoms with Gasteiger partial charge in [-0.15, -0.1) is 0 Å². The molecule has 24 heavy (non-hydrogen) atoms. The highest BCUT2D eigenvalue weighted by molar-refractivity contribution is 6.40. The molecule has 1 aromatic carbocycles. The highest BCUT2D eigenvalue weighted by Crippen LogP contribution is 2.33. The second-order valence-electron chi connectivity index (χ2n) is 6.51. The summed E-state index contributed by atoms with van der Waals surface area (Å²) in [5.74, 6) is 0.0241. The fourth-order valence-electron chi connectivity index (χ4n) is 3.70. The summed E-state index contributed by atoms with van der Waals surface area (Å²) in [6.45, 7) is 2.87. The number of amides is 1. The minimum Gasteiger partial charge on any atom is -0.315 e. The smallest absolute Gasteiger partial charge is 0.258 e. The highest BCUT2D eigenvalue weighted by atomic mass is 35.5. The lowest BCUT2D eigenvalue weighted by Gasteiger charge is -2.33. The van der Waals surface area contributed by atoms with Crippen LogP contribution >= 0.6 is 11.6 Å². The van der Waals surface area contributed by atoms with Crippen molar-refractivity contribution >= 4 is 23.2 Å². The van der Waals surface area contributed by atoms with Gasteiger partial charge < -0.3 is 10.2 Å². The summed E-state index contributed by atoms with van der Waals surface area (Å²) < 4.78 is 0. The first-order valence-corrected chi connectivity index (χ1v) is 8.78. The van der Waals surface area contributed by atoms with Gasteiger partial charge in [-0.1, -0.05) is 48.0 Å². The van der Waals surface area contributed by atoms with Gasteiger partial charge in [0.1, 0.15) is 6.17 Å². The van der Waals surface area contributed by atoms with Gasteiger partial charge in [0.05, 0.1) is 17.3 Å². The van der Waals surface area contributed by atoms with E-state index in [4.69, 9.17) is 16.6 Å². The number of carbonyl (C=O) groups is 1. The fourth-order valence-corrected chi connectivity index (χ4v) is 3.97. The number of aliphatic imine (C=N–C) groups is 1. The van der Waals surface area contributed by atoms with Crippen molar-refractivity contribution in [2.75, 3.05) is 6.54 Å². The van der Waals surface area contributed by atoms with E-state index in [2.05, 4.69) is 24.4 Å². The fraction of sp³-hybridized carbons (Fsp3) is 0.368. The Labute approximate surface area is 146 Å². The minimum atomic E-state index is -0.144. The number of benzene rings is 1. The van der Waals surface area contributed by atoms with Gasteiger partial charge in [-0.3, -0.25) is 9.79 Å². The molecule has 2 heterocycles. The Bertz CT molecular complexity index is 753. The Hall–Kier alpha value is -1.91. The van der Waals surface area contributed by atoms with Crippen LogP contribution in [0.5, 0.6) is 0 Å². The van der Waals surface area contributed by atoms with Crippen molar-refractivity contribution in [3.05, 3.63) is 58.7 Å². The van der Waals surface area contributed by atoms with Crippen LogP contribution in [0.1, 0.15) is 31.4 Å². The molecule has 4 rings (SSSR count). The minimum absolute atomic E-state index is 0.0241. The third kappa shape index (κ3) is 2.60. The van der Waals surface area contributed by atoms with E-state index in [0.717, 1.165) is 18.7 Å². The summed E-state index contributed by atoms with van der Waals surface area (Å²) in [6.07, 6.45) is 5.27. The maximum atomic E-state index is 12.8. The van der Waals surface area contributed by atoms with E-state index in [1.165, 1.54) is 5.56 Å². The van der Waals surface area contributed by atoms with Gasteiger partial charge in [0.15, 0.2) is 0 Å². The summed E-state index contributed by atoms with van der Waals surface area (Å²) >= 11 is 6.26. The lowest BCUT2D eigenvalue weighted by Crippen LogP contribution is -2.49. The largest absolute Gasteiger partial charge is 0.315 e. The van der Waals surface area contributed by atoms with Crippen LogP contribution < -0.4 is 5.32 Å². The van der Waals surface area contributed by atoms with Gasteiger partial charge in [-0.05, 0) is 25.0 Å². The molecule has 1 amide bonds. The van der Waals surface area contributed by atoms with Crippen molar-refractivity contribution in [2.24, 2.45) is 4.99 Å². The number of nitrogens with one attached hydrogen (secondary N) is 1. The van der Waals surface area contributed by atoms with Crippen molar-refractivity contribution < 1.29 is 4.79 Å². The molecule has 124 valence electrons. The molecule has 0 aromatic heterocycles. The van der Waals surface area contributed by atoms with E-state index in [1.807, 2.05) is 35.3 Å². The summed E-state index contributed by atoms with van der Waals surface area (Å²) in [4.78, 5) is 19.5. The molecule has 1 aliphatic carbocycles. The van der Waals surface area contributed by atoms with Gasteiger partial charge in [0.2, 0.25) is 0 Å². The number of rotatable bonds is 3. The Kier molecular flexibility index (Phi) is 4.02.